The first-order valence-electron chi connectivity index (χ1n) is 4.98. The van der Waals surface area contributed by atoms with Crippen molar-refractivity contribution in [3.8, 4) is 0 Å². The molecule has 0 aliphatic heterocycles. The lowest BCUT2D eigenvalue weighted by atomic mass is 9.91. The zero-order valence-corrected chi connectivity index (χ0v) is 9.52. The zero-order valence-electron chi connectivity index (χ0n) is 9.52. The van der Waals surface area contributed by atoms with E-state index < -0.39 is 0 Å². The Morgan fingerprint density at radius 3 is 2.31 bits per heavy atom. The minimum Gasteiger partial charge on any atom is -0.379 e. The second-order valence-electron chi connectivity index (χ2n) is 4.22. The molecule has 0 rings (SSSR count). The maximum Gasteiger partial charge on any atom is 0.132 e. The lowest BCUT2D eigenvalue weighted by molar-refractivity contribution is -0.121. The van der Waals surface area contributed by atoms with Gasteiger partial charge >= 0.3 is 0 Å². The predicted molar refractivity (Wildman–Crippen MR) is 54.8 cm³/mol. The summed E-state index contributed by atoms with van der Waals surface area (Å²) in [5, 5.41) is 0. The second kappa shape index (κ2) is 5.38. The summed E-state index contributed by atoms with van der Waals surface area (Å²) in [7, 11) is 1.72. The molecule has 0 amide bonds. The van der Waals surface area contributed by atoms with Crippen LogP contribution in [0, 0.1) is 5.92 Å². The molecule has 0 aromatic carbocycles. The van der Waals surface area contributed by atoms with E-state index in [1.54, 1.807) is 14.0 Å². The molecule has 1 atom stereocenters. The van der Waals surface area contributed by atoms with E-state index in [0.717, 1.165) is 19.3 Å². The van der Waals surface area contributed by atoms with Crippen LogP contribution in [0.3, 0.4) is 0 Å². The fraction of sp³-hybridized carbons (Fsp3) is 0.909. The number of hydrogen-bond donors (Lipinski definition) is 0. The van der Waals surface area contributed by atoms with Gasteiger partial charge in [0, 0.05) is 13.0 Å². The number of hydrogen-bond acceptors (Lipinski definition) is 2. The number of ketones is 1. The standard InChI is InChI=1S/C11H22O2/c1-6-10(9(2)12)7-8-11(3,4)13-5/h10H,6-8H2,1-5H3. The van der Waals surface area contributed by atoms with E-state index >= 15 is 0 Å². The van der Waals surface area contributed by atoms with Crippen LogP contribution >= 0.6 is 0 Å². The molecule has 0 N–H and O–H groups in total. The molecule has 0 saturated heterocycles. The molecule has 0 heterocycles. The van der Waals surface area contributed by atoms with E-state index in [9.17, 15) is 4.79 Å². The molecule has 2 nitrogen and oxygen atoms in total. The third-order valence-electron chi connectivity index (χ3n) is 2.72. The molecule has 0 aliphatic rings. The Hall–Kier alpha value is -0.370. The van der Waals surface area contributed by atoms with Gasteiger partial charge in [-0.05, 0) is 40.0 Å². The molecule has 13 heavy (non-hydrogen) atoms. The van der Waals surface area contributed by atoms with Gasteiger partial charge in [-0.1, -0.05) is 6.92 Å². The van der Waals surface area contributed by atoms with Crippen molar-refractivity contribution >= 4 is 5.78 Å². The van der Waals surface area contributed by atoms with Crippen molar-refractivity contribution in [1.29, 1.82) is 0 Å². The van der Waals surface area contributed by atoms with Gasteiger partial charge in [0.1, 0.15) is 5.78 Å². The molecule has 0 aliphatic carbocycles. The van der Waals surface area contributed by atoms with Crippen LogP contribution in [0.5, 0.6) is 0 Å². The summed E-state index contributed by atoms with van der Waals surface area (Å²) in [6, 6.07) is 0. The Balaban J connectivity index is 3.92. The van der Waals surface area contributed by atoms with E-state index in [1.807, 2.05) is 0 Å². The largest absolute Gasteiger partial charge is 0.379 e. The van der Waals surface area contributed by atoms with E-state index in [1.165, 1.54) is 0 Å². The number of rotatable bonds is 6. The van der Waals surface area contributed by atoms with Gasteiger partial charge in [0.25, 0.3) is 0 Å². The summed E-state index contributed by atoms with van der Waals surface area (Å²) in [4.78, 5) is 11.1. The average Bonchev–Trinajstić information content (AvgIpc) is 2.05. The van der Waals surface area contributed by atoms with Crippen LogP contribution < -0.4 is 0 Å². The number of ether oxygens (including phenoxy) is 1. The van der Waals surface area contributed by atoms with Crippen LogP contribution in [0.25, 0.3) is 0 Å². The highest BCUT2D eigenvalue weighted by Gasteiger charge is 2.20. The smallest absolute Gasteiger partial charge is 0.132 e. The Morgan fingerprint density at radius 2 is 2.00 bits per heavy atom. The van der Waals surface area contributed by atoms with Crippen LogP contribution in [0.1, 0.15) is 47.0 Å². The first-order chi connectivity index (χ1) is 5.93. The molecule has 0 spiro atoms. The van der Waals surface area contributed by atoms with Crippen molar-refractivity contribution in [2.45, 2.75) is 52.6 Å². The van der Waals surface area contributed by atoms with Crippen LogP contribution in [-0.4, -0.2) is 18.5 Å². The van der Waals surface area contributed by atoms with Crippen molar-refractivity contribution in [2.75, 3.05) is 7.11 Å². The summed E-state index contributed by atoms with van der Waals surface area (Å²) < 4.78 is 5.30. The van der Waals surface area contributed by atoms with Gasteiger partial charge in [-0.15, -0.1) is 0 Å². The van der Waals surface area contributed by atoms with E-state index in [0.29, 0.717) is 5.78 Å². The molecule has 0 radical (unpaired) electrons. The van der Waals surface area contributed by atoms with Gasteiger partial charge < -0.3 is 4.74 Å². The molecule has 78 valence electrons. The molecular formula is C11H22O2. The molecule has 1 unspecified atom stereocenters. The second-order valence-corrected chi connectivity index (χ2v) is 4.22. The average molecular weight is 186 g/mol. The van der Waals surface area contributed by atoms with Crippen LogP contribution in [-0.2, 0) is 9.53 Å². The Labute approximate surface area is 81.7 Å². The van der Waals surface area contributed by atoms with Crippen LogP contribution in [0.2, 0.25) is 0 Å². The van der Waals surface area contributed by atoms with Crippen molar-refractivity contribution < 1.29 is 9.53 Å². The lowest BCUT2D eigenvalue weighted by Crippen LogP contribution is -2.24. The fourth-order valence-electron chi connectivity index (χ4n) is 1.32. The van der Waals surface area contributed by atoms with E-state index in [-0.39, 0.29) is 11.5 Å². The van der Waals surface area contributed by atoms with E-state index in [2.05, 4.69) is 20.8 Å². The molecule has 2 heteroatoms. The summed E-state index contributed by atoms with van der Waals surface area (Å²) in [5.74, 6) is 0.517. The van der Waals surface area contributed by atoms with Gasteiger partial charge in [0.05, 0.1) is 5.60 Å². The highest BCUT2D eigenvalue weighted by atomic mass is 16.5. The summed E-state index contributed by atoms with van der Waals surface area (Å²) >= 11 is 0. The van der Waals surface area contributed by atoms with Crippen LogP contribution in [0.15, 0.2) is 0 Å². The highest BCUT2D eigenvalue weighted by Crippen LogP contribution is 2.21. The monoisotopic (exact) mass is 186 g/mol. The Morgan fingerprint density at radius 1 is 1.46 bits per heavy atom. The summed E-state index contributed by atoms with van der Waals surface area (Å²) in [6.45, 7) is 7.85. The SMILES string of the molecule is CCC(CCC(C)(C)OC)C(C)=O. The third kappa shape index (κ3) is 5.04. The lowest BCUT2D eigenvalue weighted by Gasteiger charge is -2.24. The topological polar surface area (TPSA) is 26.3 Å². The maximum absolute atomic E-state index is 11.1. The molecule has 0 bridgehead atoms. The molecular weight excluding hydrogens is 164 g/mol. The number of Topliss-reactive ketones (excluding diaryl/α,β-unsaturated/α-hetero) is 1. The predicted octanol–water partition coefficient (Wildman–Crippen LogP) is 2.81. The highest BCUT2D eigenvalue weighted by molar-refractivity contribution is 5.78. The zero-order chi connectivity index (χ0) is 10.5. The first-order valence-corrected chi connectivity index (χ1v) is 4.98. The molecule has 0 aromatic heterocycles. The van der Waals surface area contributed by atoms with Gasteiger partial charge in [-0.25, -0.2) is 0 Å². The number of methoxy groups -OCH3 is 1. The minimum atomic E-state index is -0.0944. The fourth-order valence-corrected chi connectivity index (χ4v) is 1.32. The molecule has 0 saturated carbocycles. The molecule has 0 aromatic rings. The van der Waals surface area contributed by atoms with E-state index in [4.69, 9.17) is 4.74 Å². The maximum atomic E-state index is 11.1. The van der Waals surface area contributed by atoms with Crippen molar-refractivity contribution in [3.63, 3.8) is 0 Å². The Kier molecular flexibility index (Phi) is 5.23. The molecule has 0 fully saturated rings. The quantitative estimate of drug-likeness (QED) is 0.637. The van der Waals surface area contributed by atoms with Gasteiger partial charge in [-0.3, -0.25) is 4.79 Å². The third-order valence-corrected chi connectivity index (χ3v) is 2.72. The number of carbonyl (C=O) groups excluding carboxylic acids is 1. The van der Waals surface area contributed by atoms with Gasteiger partial charge in [-0.2, -0.15) is 0 Å². The minimum absolute atomic E-state index is 0.0944. The summed E-state index contributed by atoms with van der Waals surface area (Å²) in [6.07, 6.45) is 2.82. The van der Waals surface area contributed by atoms with Gasteiger partial charge in [0.15, 0.2) is 0 Å². The Bertz CT molecular complexity index is 161. The normalized spacial score (nSPS) is 14.2. The van der Waals surface area contributed by atoms with Crippen molar-refractivity contribution in [1.82, 2.24) is 0 Å². The van der Waals surface area contributed by atoms with Crippen molar-refractivity contribution in [3.05, 3.63) is 0 Å². The van der Waals surface area contributed by atoms with Crippen molar-refractivity contribution in [2.24, 2.45) is 5.92 Å². The number of carbonyl (C=O) groups is 1. The first kappa shape index (κ1) is 12.6. The van der Waals surface area contributed by atoms with Crippen LogP contribution in [0.4, 0.5) is 0 Å². The van der Waals surface area contributed by atoms with Gasteiger partial charge in [0.2, 0.25) is 0 Å². The summed E-state index contributed by atoms with van der Waals surface area (Å²) in [5.41, 5.74) is -0.0944.